The molecular formula is C19H21N3O3. The molecule has 1 aliphatic carbocycles. The Hall–Kier alpha value is -2.89. The predicted molar refractivity (Wildman–Crippen MR) is 94.9 cm³/mol. The molecule has 6 heteroatoms. The molecule has 6 nitrogen and oxygen atoms in total. The van der Waals surface area contributed by atoms with Gasteiger partial charge in [-0.2, -0.15) is 0 Å². The minimum Gasteiger partial charge on any atom is -0.481 e. The van der Waals surface area contributed by atoms with Crippen molar-refractivity contribution >= 4 is 17.6 Å². The van der Waals surface area contributed by atoms with Crippen LogP contribution >= 0.6 is 0 Å². The molecule has 0 unspecified atom stereocenters. The fraction of sp³-hybridized carbons (Fsp3) is 0.316. The van der Waals surface area contributed by atoms with E-state index in [0.29, 0.717) is 42.6 Å². The van der Waals surface area contributed by atoms with Crippen LogP contribution in [0, 0.1) is 5.92 Å². The Morgan fingerprint density at radius 3 is 2.40 bits per heavy atom. The monoisotopic (exact) mass is 339 g/mol. The summed E-state index contributed by atoms with van der Waals surface area (Å²) in [5.41, 5.74) is 8.38. The van der Waals surface area contributed by atoms with Gasteiger partial charge in [0.25, 0.3) is 5.91 Å². The number of anilines is 1. The van der Waals surface area contributed by atoms with E-state index in [4.69, 9.17) is 10.8 Å². The second-order valence-corrected chi connectivity index (χ2v) is 6.35. The van der Waals surface area contributed by atoms with E-state index in [0.717, 1.165) is 5.56 Å². The number of rotatable bonds is 4. The van der Waals surface area contributed by atoms with Crippen molar-refractivity contribution < 1.29 is 14.7 Å². The van der Waals surface area contributed by atoms with Crippen molar-refractivity contribution in [1.29, 1.82) is 0 Å². The third-order valence-electron chi connectivity index (χ3n) is 4.69. The van der Waals surface area contributed by atoms with Crippen molar-refractivity contribution in [2.75, 3.05) is 5.73 Å². The number of hydrogen-bond acceptors (Lipinski definition) is 4. The third kappa shape index (κ3) is 3.79. The first-order valence-corrected chi connectivity index (χ1v) is 8.40. The summed E-state index contributed by atoms with van der Waals surface area (Å²) in [6.07, 6.45) is 4.08. The first kappa shape index (κ1) is 17.0. The molecule has 0 radical (unpaired) electrons. The van der Waals surface area contributed by atoms with Gasteiger partial charge < -0.3 is 16.2 Å². The molecule has 1 saturated carbocycles. The molecule has 25 heavy (non-hydrogen) atoms. The first-order chi connectivity index (χ1) is 12.1. The van der Waals surface area contributed by atoms with Gasteiger partial charge in [-0.05, 0) is 31.7 Å². The highest BCUT2D eigenvalue weighted by Crippen LogP contribution is 2.27. The van der Waals surface area contributed by atoms with Gasteiger partial charge in [0.15, 0.2) is 0 Å². The van der Waals surface area contributed by atoms with Gasteiger partial charge in [-0.15, -0.1) is 0 Å². The SMILES string of the molecule is Nc1c(C(=O)NC2CCC(C(=O)O)CC2)ccnc1-c1ccccc1. The minimum atomic E-state index is -0.754. The van der Waals surface area contributed by atoms with Crippen LogP contribution in [-0.4, -0.2) is 28.0 Å². The maximum absolute atomic E-state index is 12.6. The van der Waals surface area contributed by atoms with Crippen molar-refractivity contribution in [3.63, 3.8) is 0 Å². The Balaban J connectivity index is 1.72. The Labute approximate surface area is 146 Å². The van der Waals surface area contributed by atoms with Crippen molar-refractivity contribution in [2.45, 2.75) is 31.7 Å². The molecule has 1 aliphatic rings. The fourth-order valence-electron chi connectivity index (χ4n) is 3.25. The zero-order chi connectivity index (χ0) is 17.8. The Bertz CT molecular complexity index is 769. The minimum absolute atomic E-state index is 0.0177. The molecule has 1 fully saturated rings. The zero-order valence-corrected chi connectivity index (χ0v) is 13.8. The molecule has 0 bridgehead atoms. The summed E-state index contributed by atoms with van der Waals surface area (Å²) in [7, 11) is 0. The van der Waals surface area contributed by atoms with Gasteiger partial charge in [0.1, 0.15) is 0 Å². The van der Waals surface area contributed by atoms with Gasteiger partial charge in [-0.1, -0.05) is 30.3 Å². The lowest BCUT2D eigenvalue weighted by Crippen LogP contribution is -2.39. The van der Waals surface area contributed by atoms with Crippen LogP contribution in [-0.2, 0) is 4.79 Å². The molecule has 0 spiro atoms. The van der Waals surface area contributed by atoms with E-state index in [1.54, 1.807) is 12.3 Å². The van der Waals surface area contributed by atoms with Crippen LogP contribution in [0.25, 0.3) is 11.3 Å². The van der Waals surface area contributed by atoms with E-state index in [2.05, 4.69) is 10.3 Å². The summed E-state index contributed by atoms with van der Waals surface area (Å²) in [5, 5.41) is 12.0. The van der Waals surface area contributed by atoms with E-state index in [1.165, 1.54) is 0 Å². The van der Waals surface area contributed by atoms with Crippen LogP contribution in [0.3, 0.4) is 0 Å². The molecule has 4 N–H and O–H groups in total. The molecule has 0 atom stereocenters. The third-order valence-corrected chi connectivity index (χ3v) is 4.69. The number of nitrogens with one attached hydrogen (secondary N) is 1. The topological polar surface area (TPSA) is 105 Å². The van der Waals surface area contributed by atoms with Gasteiger partial charge in [0.2, 0.25) is 0 Å². The maximum Gasteiger partial charge on any atom is 0.306 e. The molecule has 0 aliphatic heterocycles. The van der Waals surface area contributed by atoms with E-state index in [-0.39, 0.29) is 17.9 Å². The second kappa shape index (κ2) is 7.34. The number of nitrogen functional groups attached to an aromatic ring is 1. The van der Waals surface area contributed by atoms with E-state index >= 15 is 0 Å². The highest BCUT2D eigenvalue weighted by atomic mass is 16.4. The van der Waals surface area contributed by atoms with Crippen molar-refractivity contribution in [2.24, 2.45) is 5.92 Å². The van der Waals surface area contributed by atoms with Gasteiger partial charge in [-0.3, -0.25) is 14.6 Å². The molecule has 2 aromatic rings. The van der Waals surface area contributed by atoms with Gasteiger partial charge in [-0.25, -0.2) is 0 Å². The standard InChI is InChI=1S/C19H21N3O3/c20-16-15(10-11-21-17(16)12-4-2-1-3-5-12)18(23)22-14-8-6-13(7-9-14)19(24)25/h1-5,10-11,13-14H,6-9,20H2,(H,22,23)(H,24,25). The zero-order valence-electron chi connectivity index (χ0n) is 13.8. The average molecular weight is 339 g/mol. The number of amides is 1. The highest BCUT2D eigenvalue weighted by Gasteiger charge is 2.27. The molecule has 3 rings (SSSR count). The lowest BCUT2D eigenvalue weighted by Gasteiger charge is -2.27. The maximum atomic E-state index is 12.6. The van der Waals surface area contributed by atoms with Crippen molar-refractivity contribution in [3.8, 4) is 11.3 Å². The lowest BCUT2D eigenvalue weighted by atomic mass is 9.86. The summed E-state index contributed by atoms with van der Waals surface area (Å²) in [4.78, 5) is 27.9. The Morgan fingerprint density at radius 1 is 1.08 bits per heavy atom. The lowest BCUT2D eigenvalue weighted by molar-refractivity contribution is -0.142. The fourth-order valence-corrected chi connectivity index (χ4v) is 3.25. The quantitative estimate of drug-likeness (QED) is 0.794. The summed E-state index contributed by atoms with van der Waals surface area (Å²) < 4.78 is 0. The van der Waals surface area contributed by atoms with Crippen molar-refractivity contribution in [1.82, 2.24) is 10.3 Å². The van der Waals surface area contributed by atoms with Crippen LogP contribution < -0.4 is 11.1 Å². The van der Waals surface area contributed by atoms with E-state index < -0.39 is 5.97 Å². The highest BCUT2D eigenvalue weighted by molar-refractivity contribution is 6.01. The smallest absolute Gasteiger partial charge is 0.306 e. The van der Waals surface area contributed by atoms with Crippen LogP contribution in [0.5, 0.6) is 0 Å². The largest absolute Gasteiger partial charge is 0.481 e. The van der Waals surface area contributed by atoms with Crippen LogP contribution in [0.15, 0.2) is 42.6 Å². The Morgan fingerprint density at radius 2 is 1.76 bits per heavy atom. The molecule has 1 aromatic heterocycles. The number of benzene rings is 1. The number of hydrogen-bond donors (Lipinski definition) is 3. The average Bonchev–Trinajstić information content (AvgIpc) is 2.63. The summed E-state index contributed by atoms with van der Waals surface area (Å²) in [6.45, 7) is 0. The van der Waals surface area contributed by atoms with Crippen LogP contribution in [0.2, 0.25) is 0 Å². The predicted octanol–water partition coefficient (Wildman–Crippen LogP) is 2.70. The summed E-state index contributed by atoms with van der Waals surface area (Å²) >= 11 is 0. The van der Waals surface area contributed by atoms with Gasteiger partial charge >= 0.3 is 5.97 Å². The summed E-state index contributed by atoms with van der Waals surface area (Å²) in [6, 6.07) is 11.1. The van der Waals surface area contributed by atoms with Gasteiger partial charge in [0, 0.05) is 17.8 Å². The second-order valence-electron chi connectivity index (χ2n) is 6.35. The first-order valence-electron chi connectivity index (χ1n) is 8.40. The van der Waals surface area contributed by atoms with Gasteiger partial charge in [0.05, 0.1) is 22.9 Å². The number of nitrogens with two attached hydrogens (primary N) is 1. The number of aromatic nitrogens is 1. The number of carboxylic acids is 1. The number of pyridine rings is 1. The molecular weight excluding hydrogens is 318 g/mol. The van der Waals surface area contributed by atoms with E-state index in [1.807, 2.05) is 30.3 Å². The Kier molecular flexibility index (Phi) is 4.97. The molecule has 1 heterocycles. The normalized spacial score (nSPS) is 20.0. The molecule has 130 valence electrons. The molecule has 1 aromatic carbocycles. The molecule has 1 amide bonds. The number of carbonyl (C=O) groups is 2. The molecule has 0 saturated heterocycles. The summed E-state index contributed by atoms with van der Waals surface area (Å²) in [5.74, 6) is -1.30. The van der Waals surface area contributed by atoms with Crippen LogP contribution in [0.4, 0.5) is 5.69 Å². The number of aliphatic carboxylic acids is 1. The van der Waals surface area contributed by atoms with Crippen molar-refractivity contribution in [3.05, 3.63) is 48.2 Å². The van der Waals surface area contributed by atoms with E-state index in [9.17, 15) is 9.59 Å². The number of carbonyl (C=O) groups excluding carboxylic acids is 1. The number of carboxylic acid groups (broad SMARTS) is 1. The number of nitrogens with zero attached hydrogens (tertiary/aromatic N) is 1. The van der Waals surface area contributed by atoms with Crippen LogP contribution in [0.1, 0.15) is 36.0 Å².